The van der Waals surface area contributed by atoms with E-state index >= 15 is 0 Å². The van der Waals surface area contributed by atoms with Crippen LogP contribution in [0.25, 0.3) is 0 Å². The Morgan fingerprint density at radius 2 is 2.04 bits per heavy atom. The van der Waals surface area contributed by atoms with Crippen molar-refractivity contribution in [2.24, 2.45) is 0 Å². The van der Waals surface area contributed by atoms with E-state index in [4.69, 9.17) is 9.47 Å². The minimum atomic E-state index is -0.437. The maximum absolute atomic E-state index is 12.5. The molecule has 140 valence electrons. The van der Waals surface area contributed by atoms with Gasteiger partial charge in [-0.3, -0.25) is 4.79 Å². The van der Waals surface area contributed by atoms with Crippen LogP contribution >= 0.6 is 0 Å². The van der Waals surface area contributed by atoms with Crippen molar-refractivity contribution in [2.75, 3.05) is 37.1 Å². The molecule has 2 aliphatic heterocycles. The first-order chi connectivity index (χ1) is 13.1. The lowest BCUT2D eigenvalue weighted by atomic mass is 9.99. The molecule has 27 heavy (non-hydrogen) atoms. The van der Waals surface area contributed by atoms with Crippen LogP contribution in [0.4, 0.5) is 11.4 Å². The van der Waals surface area contributed by atoms with E-state index in [0.29, 0.717) is 23.5 Å². The van der Waals surface area contributed by atoms with Gasteiger partial charge in [-0.25, -0.2) is 4.79 Å². The van der Waals surface area contributed by atoms with E-state index in [1.807, 2.05) is 0 Å². The molecule has 2 aromatic carbocycles. The second kappa shape index (κ2) is 6.95. The number of rotatable bonds is 3. The summed E-state index contributed by atoms with van der Waals surface area (Å²) in [6.07, 6.45) is 2.18. The topological polar surface area (TPSA) is 59.1 Å². The summed E-state index contributed by atoms with van der Waals surface area (Å²) in [6.45, 7) is 1.51. The molecule has 0 fully saturated rings. The Morgan fingerprint density at radius 1 is 1.19 bits per heavy atom. The van der Waals surface area contributed by atoms with Crippen molar-refractivity contribution in [2.45, 2.75) is 19.4 Å². The number of amides is 1. The highest BCUT2D eigenvalue weighted by atomic mass is 16.5. The van der Waals surface area contributed by atoms with Crippen molar-refractivity contribution in [3.8, 4) is 5.75 Å². The molecular weight excluding hydrogens is 344 g/mol. The number of ether oxygens (including phenoxy) is 2. The van der Waals surface area contributed by atoms with Crippen LogP contribution < -0.4 is 14.5 Å². The number of carbonyl (C=O) groups is 2. The minimum absolute atomic E-state index is 0.00174. The average molecular weight is 366 g/mol. The van der Waals surface area contributed by atoms with E-state index in [1.165, 1.54) is 18.4 Å². The van der Waals surface area contributed by atoms with Gasteiger partial charge in [-0.15, -0.1) is 0 Å². The summed E-state index contributed by atoms with van der Waals surface area (Å²) in [5.74, 6) is 0.0342. The molecule has 0 bridgehead atoms. The highest BCUT2D eigenvalue weighted by Gasteiger charge is 2.27. The number of carbonyl (C=O) groups excluding carboxylic acids is 2. The molecule has 0 saturated carbocycles. The van der Waals surface area contributed by atoms with Gasteiger partial charge in [-0.05, 0) is 48.2 Å². The Balaban J connectivity index is 1.66. The summed E-state index contributed by atoms with van der Waals surface area (Å²) in [7, 11) is 3.44. The molecule has 0 radical (unpaired) electrons. The van der Waals surface area contributed by atoms with Gasteiger partial charge < -0.3 is 19.3 Å². The number of hydrogen-bond acceptors (Lipinski definition) is 5. The zero-order valence-electron chi connectivity index (χ0n) is 15.5. The van der Waals surface area contributed by atoms with Gasteiger partial charge in [-0.1, -0.05) is 12.1 Å². The third-order valence-electron chi connectivity index (χ3n) is 5.16. The Hall–Kier alpha value is -3.02. The van der Waals surface area contributed by atoms with Gasteiger partial charge in [0, 0.05) is 19.3 Å². The smallest absolute Gasteiger partial charge is 0.337 e. The molecule has 2 aliphatic rings. The molecular formula is C21H22N2O4. The average Bonchev–Trinajstić information content (AvgIpc) is 2.69. The number of nitrogens with zero attached hydrogens (tertiary/aromatic N) is 2. The summed E-state index contributed by atoms with van der Waals surface area (Å²) in [4.78, 5) is 28.3. The number of hydrogen-bond donors (Lipinski definition) is 0. The largest absolute Gasteiger partial charge is 0.482 e. The molecule has 2 aromatic rings. The Kier molecular flexibility index (Phi) is 4.48. The van der Waals surface area contributed by atoms with Crippen molar-refractivity contribution >= 4 is 23.3 Å². The number of aryl methyl sites for hydroxylation is 1. The first-order valence-electron chi connectivity index (χ1n) is 9.05. The predicted molar refractivity (Wildman–Crippen MR) is 102 cm³/mol. The van der Waals surface area contributed by atoms with Gasteiger partial charge in [0.25, 0.3) is 5.91 Å². The summed E-state index contributed by atoms with van der Waals surface area (Å²) in [5, 5.41) is 0. The summed E-state index contributed by atoms with van der Waals surface area (Å²) >= 11 is 0. The molecule has 0 atom stereocenters. The van der Waals surface area contributed by atoms with Gasteiger partial charge in [-0.2, -0.15) is 0 Å². The van der Waals surface area contributed by atoms with Gasteiger partial charge >= 0.3 is 5.97 Å². The van der Waals surface area contributed by atoms with Crippen LogP contribution in [0.5, 0.6) is 5.75 Å². The second-order valence-electron chi connectivity index (χ2n) is 6.93. The normalized spacial score (nSPS) is 15.7. The van der Waals surface area contributed by atoms with Crippen molar-refractivity contribution in [1.29, 1.82) is 0 Å². The molecule has 6 nitrogen and oxygen atoms in total. The van der Waals surface area contributed by atoms with E-state index in [1.54, 1.807) is 23.1 Å². The maximum atomic E-state index is 12.5. The predicted octanol–water partition coefficient (Wildman–Crippen LogP) is 2.78. The standard InChI is InChI=1S/C21H22N2O4/c1-22-9-3-4-15-10-14(5-7-17(15)22)12-23-18-11-16(21(25)26-2)6-8-19(18)27-13-20(23)24/h5-8,10-11H,3-4,9,12-13H2,1-2H3. The molecule has 0 spiro atoms. The van der Waals surface area contributed by atoms with Crippen molar-refractivity contribution < 1.29 is 19.1 Å². The SMILES string of the molecule is COC(=O)c1ccc2c(c1)N(Cc1ccc3c(c1)CCCN3C)C(=O)CO2. The van der Waals surface area contributed by atoms with Crippen LogP contribution in [-0.4, -0.2) is 39.2 Å². The third kappa shape index (κ3) is 3.23. The molecule has 6 heteroatoms. The lowest BCUT2D eigenvalue weighted by Crippen LogP contribution is -2.38. The molecule has 0 unspecified atom stereocenters. The Labute approximate surface area is 158 Å². The van der Waals surface area contributed by atoms with Crippen molar-refractivity contribution in [1.82, 2.24) is 0 Å². The van der Waals surface area contributed by atoms with Gasteiger partial charge in [0.05, 0.1) is 24.9 Å². The monoisotopic (exact) mass is 366 g/mol. The fourth-order valence-corrected chi connectivity index (χ4v) is 3.74. The quantitative estimate of drug-likeness (QED) is 0.782. The molecule has 0 aromatic heterocycles. The lowest BCUT2D eigenvalue weighted by Gasteiger charge is -2.31. The van der Waals surface area contributed by atoms with E-state index < -0.39 is 5.97 Å². The fraction of sp³-hybridized carbons (Fsp3) is 0.333. The highest BCUT2D eigenvalue weighted by Crippen LogP contribution is 2.35. The number of benzene rings is 2. The maximum Gasteiger partial charge on any atom is 0.337 e. The Bertz CT molecular complexity index is 909. The van der Waals surface area contributed by atoms with E-state index in [-0.39, 0.29) is 12.5 Å². The summed E-state index contributed by atoms with van der Waals surface area (Å²) in [6, 6.07) is 11.4. The molecule has 1 amide bonds. The fourth-order valence-electron chi connectivity index (χ4n) is 3.74. The third-order valence-corrected chi connectivity index (χ3v) is 5.16. The van der Waals surface area contributed by atoms with Crippen LogP contribution in [0, 0.1) is 0 Å². The van der Waals surface area contributed by atoms with Crippen molar-refractivity contribution in [3.05, 3.63) is 53.1 Å². The van der Waals surface area contributed by atoms with Gasteiger partial charge in [0.15, 0.2) is 6.61 Å². The Morgan fingerprint density at radius 3 is 2.85 bits per heavy atom. The van der Waals surface area contributed by atoms with E-state index in [2.05, 4.69) is 30.1 Å². The molecule has 2 heterocycles. The van der Waals surface area contributed by atoms with Crippen LogP contribution in [0.1, 0.15) is 27.9 Å². The van der Waals surface area contributed by atoms with Crippen LogP contribution in [0.3, 0.4) is 0 Å². The van der Waals surface area contributed by atoms with Crippen molar-refractivity contribution in [3.63, 3.8) is 0 Å². The van der Waals surface area contributed by atoms with E-state index in [9.17, 15) is 9.59 Å². The van der Waals surface area contributed by atoms with Crippen LogP contribution in [0.2, 0.25) is 0 Å². The zero-order valence-corrected chi connectivity index (χ0v) is 15.5. The summed E-state index contributed by atoms with van der Waals surface area (Å²) in [5.41, 5.74) is 4.63. The number of fused-ring (bicyclic) bond motifs is 2. The first-order valence-corrected chi connectivity index (χ1v) is 9.05. The van der Waals surface area contributed by atoms with Crippen LogP contribution in [-0.2, 0) is 22.5 Å². The minimum Gasteiger partial charge on any atom is -0.482 e. The highest BCUT2D eigenvalue weighted by molar-refractivity contribution is 6.00. The summed E-state index contributed by atoms with van der Waals surface area (Å²) < 4.78 is 10.3. The molecule has 0 aliphatic carbocycles. The van der Waals surface area contributed by atoms with Gasteiger partial charge in [0.2, 0.25) is 0 Å². The molecule has 4 rings (SSSR count). The molecule has 0 N–H and O–H groups in total. The zero-order chi connectivity index (χ0) is 19.0. The van der Waals surface area contributed by atoms with E-state index in [0.717, 1.165) is 24.9 Å². The lowest BCUT2D eigenvalue weighted by molar-refractivity contribution is -0.121. The number of methoxy groups -OCH3 is 1. The number of esters is 1. The number of anilines is 2. The first kappa shape index (κ1) is 17.4. The second-order valence-corrected chi connectivity index (χ2v) is 6.93. The molecule has 0 saturated heterocycles. The van der Waals surface area contributed by atoms with Gasteiger partial charge in [0.1, 0.15) is 5.75 Å². The van der Waals surface area contributed by atoms with Crippen LogP contribution in [0.15, 0.2) is 36.4 Å².